The molecule has 0 amide bonds. The number of rotatable bonds is 7. The van der Waals surface area contributed by atoms with Crippen molar-refractivity contribution in [1.82, 2.24) is 24.9 Å². The lowest BCUT2D eigenvalue weighted by Gasteiger charge is -2.19. The molecule has 0 radical (unpaired) electrons. The number of ether oxygens (including phenoxy) is 1. The summed E-state index contributed by atoms with van der Waals surface area (Å²) in [4.78, 5) is 10.9. The number of benzene rings is 2. The van der Waals surface area contributed by atoms with E-state index in [1.807, 2.05) is 37.1 Å². The van der Waals surface area contributed by atoms with Crippen LogP contribution in [0.4, 0.5) is 23.1 Å². The van der Waals surface area contributed by atoms with Crippen LogP contribution in [-0.4, -0.2) is 49.8 Å². The molecule has 0 saturated heterocycles. The molecule has 3 N–H and O–H groups in total. The first-order valence-electron chi connectivity index (χ1n) is 9.72. The van der Waals surface area contributed by atoms with E-state index in [2.05, 4.69) is 30.2 Å². The van der Waals surface area contributed by atoms with Gasteiger partial charge in [-0.1, -0.05) is 0 Å². The van der Waals surface area contributed by atoms with Gasteiger partial charge in [0.05, 0.1) is 28.9 Å². The molecular formula is C21H23N7O3S. The van der Waals surface area contributed by atoms with E-state index in [0.717, 1.165) is 22.3 Å². The first-order chi connectivity index (χ1) is 15.3. The molecule has 0 atom stereocenters. The molecule has 4 aromatic rings. The van der Waals surface area contributed by atoms with Gasteiger partial charge in [0.25, 0.3) is 0 Å². The van der Waals surface area contributed by atoms with Crippen LogP contribution < -0.4 is 19.7 Å². The molecule has 32 heavy (non-hydrogen) atoms. The van der Waals surface area contributed by atoms with Crippen LogP contribution in [-0.2, 0) is 10.0 Å². The van der Waals surface area contributed by atoms with Crippen LogP contribution in [0.1, 0.15) is 5.69 Å². The Kier molecular flexibility index (Phi) is 5.68. The van der Waals surface area contributed by atoms with Gasteiger partial charge in [-0.2, -0.15) is 10.1 Å². The van der Waals surface area contributed by atoms with Gasteiger partial charge in [0.1, 0.15) is 11.6 Å². The largest absolute Gasteiger partial charge is 0.495 e. The number of anilines is 4. The number of hydrogen-bond acceptors (Lipinski definition) is 8. The monoisotopic (exact) mass is 453 g/mol. The van der Waals surface area contributed by atoms with E-state index in [0.29, 0.717) is 23.2 Å². The second-order valence-electron chi connectivity index (χ2n) is 7.03. The Balaban J connectivity index is 1.65. The molecule has 10 nitrogen and oxygen atoms in total. The quantitative estimate of drug-likeness (QED) is 0.390. The van der Waals surface area contributed by atoms with E-state index < -0.39 is 10.0 Å². The van der Waals surface area contributed by atoms with Gasteiger partial charge in [-0.15, -0.1) is 0 Å². The summed E-state index contributed by atoms with van der Waals surface area (Å²) in [5.41, 5.74) is 3.23. The SMILES string of the molecule is CNS(=O)(=O)c1ccc(OC)c(Nc2nccc(N(C)c3ccc4c(C)n[nH]c4c3)n2)c1. The van der Waals surface area contributed by atoms with Crippen LogP contribution in [0.15, 0.2) is 53.6 Å². The van der Waals surface area contributed by atoms with Gasteiger partial charge in [-0.3, -0.25) is 5.10 Å². The van der Waals surface area contributed by atoms with Gasteiger partial charge >= 0.3 is 0 Å². The Labute approximate surface area is 185 Å². The van der Waals surface area contributed by atoms with Gasteiger partial charge in [0.15, 0.2) is 0 Å². The summed E-state index contributed by atoms with van der Waals surface area (Å²) in [6.45, 7) is 1.95. The second-order valence-corrected chi connectivity index (χ2v) is 8.92. The van der Waals surface area contributed by atoms with Crippen LogP contribution in [0.3, 0.4) is 0 Å². The number of aromatic nitrogens is 4. The maximum absolute atomic E-state index is 12.2. The Hall–Kier alpha value is -3.70. The molecule has 0 bridgehead atoms. The lowest BCUT2D eigenvalue weighted by atomic mass is 10.2. The Bertz CT molecular complexity index is 1390. The second kappa shape index (κ2) is 8.44. The highest BCUT2D eigenvalue weighted by molar-refractivity contribution is 7.89. The van der Waals surface area contributed by atoms with E-state index in [1.54, 1.807) is 18.3 Å². The zero-order chi connectivity index (χ0) is 22.9. The fourth-order valence-electron chi connectivity index (χ4n) is 3.27. The minimum atomic E-state index is -3.61. The Morgan fingerprint density at radius 3 is 2.69 bits per heavy atom. The van der Waals surface area contributed by atoms with Crippen LogP contribution >= 0.6 is 0 Å². The van der Waals surface area contributed by atoms with Crippen molar-refractivity contribution in [2.75, 3.05) is 31.4 Å². The van der Waals surface area contributed by atoms with E-state index >= 15 is 0 Å². The van der Waals surface area contributed by atoms with Crippen LogP contribution in [0.25, 0.3) is 10.9 Å². The van der Waals surface area contributed by atoms with Gasteiger partial charge in [0, 0.05) is 24.3 Å². The third kappa shape index (κ3) is 4.07. The fraction of sp³-hybridized carbons (Fsp3) is 0.190. The van der Waals surface area contributed by atoms with Gasteiger partial charge in [-0.25, -0.2) is 18.1 Å². The van der Waals surface area contributed by atoms with E-state index in [1.165, 1.54) is 26.3 Å². The number of hydrogen-bond donors (Lipinski definition) is 3. The van der Waals surface area contributed by atoms with E-state index in [-0.39, 0.29) is 4.90 Å². The number of sulfonamides is 1. The third-order valence-electron chi connectivity index (χ3n) is 5.11. The first kappa shape index (κ1) is 21.5. The molecule has 0 aliphatic heterocycles. The molecule has 0 aliphatic carbocycles. The Morgan fingerprint density at radius 2 is 1.94 bits per heavy atom. The normalized spacial score (nSPS) is 11.5. The molecule has 0 spiro atoms. The minimum absolute atomic E-state index is 0.0970. The number of nitrogens with one attached hydrogen (secondary N) is 3. The summed E-state index contributed by atoms with van der Waals surface area (Å²) in [6.07, 6.45) is 1.63. The molecule has 11 heteroatoms. The van der Waals surface area contributed by atoms with Crippen LogP contribution in [0.5, 0.6) is 5.75 Å². The predicted octanol–water partition coefficient (Wildman–Crippen LogP) is 3.09. The lowest BCUT2D eigenvalue weighted by molar-refractivity contribution is 0.416. The summed E-state index contributed by atoms with van der Waals surface area (Å²) in [6, 6.07) is 12.3. The molecule has 0 aliphatic rings. The Morgan fingerprint density at radius 1 is 1.12 bits per heavy atom. The lowest BCUT2D eigenvalue weighted by Crippen LogP contribution is -2.18. The van der Waals surface area contributed by atoms with Crippen molar-refractivity contribution in [3.8, 4) is 5.75 Å². The molecule has 0 unspecified atom stereocenters. The zero-order valence-corrected chi connectivity index (χ0v) is 18.9. The highest BCUT2D eigenvalue weighted by atomic mass is 32.2. The molecule has 4 rings (SSSR count). The summed E-state index contributed by atoms with van der Waals surface area (Å²) in [7, 11) is 1.15. The summed E-state index contributed by atoms with van der Waals surface area (Å²) in [5.74, 6) is 1.41. The number of nitrogens with zero attached hydrogens (tertiary/aromatic N) is 4. The summed E-state index contributed by atoms with van der Waals surface area (Å²) < 4.78 is 32.0. The zero-order valence-electron chi connectivity index (χ0n) is 18.0. The maximum atomic E-state index is 12.2. The van der Waals surface area contributed by atoms with Crippen molar-refractivity contribution < 1.29 is 13.2 Å². The molecule has 2 aromatic carbocycles. The third-order valence-corrected chi connectivity index (χ3v) is 6.52. The number of aryl methyl sites for hydroxylation is 1. The van der Waals surface area contributed by atoms with Gasteiger partial charge < -0.3 is 15.0 Å². The minimum Gasteiger partial charge on any atom is -0.495 e. The first-order valence-corrected chi connectivity index (χ1v) is 11.2. The number of H-pyrrole nitrogens is 1. The van der Waals surface area contributed by atoms with Crippen molar-refractivity contribution in [3.63, 3.8) is 0 Å². The predicted molar refractivity (Wildman–Crippen MR) is 123 cm³/mol. The van der Waals surface area contributed by atoms with Crippen LogP contribution in [0, 0.1) is 6.92 Å². The number of aromatic amines is 1. The summed E-state index contributed by atoms with van der Waals surface area (Å²) in [5, 5.41) is 11.4. The standard InChI is InChI=1S/C21H23N7O3S/c1-13-16-7-5-14(11-17(16)27-26-13)28(3)20-9-10-23-21(25-20)24-18-12-15(32(29,30)22-2)6-8-19(18)31-4/h5-12,22H,1-4H3,(H,26,27)(H,23,24,25). The maximum Gasteiger partial charge on any atom is 0.240 e. The average Bonchev–Trinajstić information content (AvgIpc) is 3.18. The van der Waals surface area contributed by atoms with E-state index in [4.69, 9.17) is 4.74 Å². The molecule has 0 fully saturated rings. The smallest absolute Gasteiger partial charge is 0.240 e. The fourth-order valence-corrected chi connectivity index (χ4v) is 4.03. The van der Waals surface area contributed by atoms with Gasteiger partial charge in [0.2, 0.25) is 16.0 Å². The van der Waals surface area contributed by atoms with Crippen molar-refractivity contribution in [1.29, 1.82) is 0 Å². The summed E-state index contributed by atoms with van der Waals surface area (Å²) >= 11 is 0. The number of fused-ring (bicyclic) bond motifs is 1. The molecular weight excluding hydrogens is 430 g/mol. The molecule has 166 valence electrons. The highest BCUT2D eigenvalue weighted by Crippen LogP contribution is 2.31. The van der Waals surface area contributed by atoms with Crippen molar-refractivity contribution in [3.05, 3.63) is 54.4 Å². The topological polar surface area (TPSA) is 125 Å². The number of methoxy groups -OCH3 is 1. The molecule has 0 saturated carbocycles. The van der Waals surface area contributed by atoms with Crippen LogP contribution in [0.2, 0.25) is 0 Å². The van der Waals surface area contributed by atoms with Crippen molar-refractivity contribution in [2.45, 2.75) is 11.8 Å². The van der Waals surface area contributed by atoms with Crippen molar-refractivity contribution >= 4 is 44.1 Å². The molecule has 2 aromatic heterocycles. The molecule has 2 heterocycles. The van der Waals surface area contributed by atoms with Gasteiger partial charge in [-0.05, 0) is 56.4 Å². The average molecular weight is 454 g/mol. The van der Waals surface area contributed by atoms with Crippen molar-refractivity contribution in [2.24, 2.45) is 0 Å². The highest BCUT2D eigenvalue weighted by Gasteiger charge is 2.16. The van der Waals surface area contributed by atoms with E-state index in [9.17, 15) is 8.42 Å².